The molecule has 2 aromatic carbocycles. The normalized spacial score (nSPS) is 10.6. The Morgan fingerprint density at radius 2 is 1.68 bits per heavy atom. The van der Waals surface area contributed by atoms with Crippen molar-refractivity contribution in [2.24, 2.45) is 0 Å². The quantitative estimate of drug-likeness (QED) is 0.756. The van der Waals surface area contributed by atoms with Crippen LogP contribution >= 0.6 is 11.6 Å². The molecule has 0 saturated heterocycles. The molecule has 0 saturated carbocycles. The molecule has 0 unspecified atom stereocenters. The maximum absolute atomic E-state index is 6.13. The maximum atomic E-state index is 6.13. The summed E-state index contributed by atoms with van der Waals surface area (Å²) in [5.74, 6) is 0.860. The third-order valence-electron chi connectivity index (χ3n) is 3.02. The zero-order chi connectivity index (χ0) is 13.1. The highest BCUT2D eigenvalue weighted by Crippen LogP contribution is 2.18. The summed E-state index contributed by atoms with van der Waals surface area (Å²) >= 11 is 6.13. The lowest BCUT2D eigenvalue weighted by Gasteiger charge is -2.08. The highest BCUT2D eigenvalue weighted by Gasteiger charge is 2.00. The molecule has 19 heavy (non-hydrogen) atoms. The number of hydrogen-bond acceptors (Lipinski definition) is 2. The summed E-state index contributed by atoms with van der Waals surface area (Å²) in [6.45, 7) is 0.672. The summed E-state index contributed by atoms with van der Waals surface area (Å²) in [4.78, 5) is 4.57. The Labute approximate surface area is 117 Å². The van der Waals surface area contributed by atoms with E-state index in [0.717, 1.165) is 27.3 Å². The van der Waals surface area contributed by atoms with Crippen molar-refractivity contribution in [3.05, 3.63) is 71.2 Å². The highest BCUT2D eigenvalue weighted by atomic mass is 35.5. The largest absolute Gasteiger partial charge is 0.366 e. The van der Waals surface area contributed by atoms with Crippen LogP contribution < -0.4 is 5.32 Å². The number of halogens is 1. The van der Waals surface area contributed by atoms with Gasteiger partial charge in [-0.25, -0.2) is 4.98 Å². The van der Waals surface area contributed by atoms with E-state index >= 15 is 0 Å². The SMILES string of the molecule is Clc1ccccc1CNc1ccc2ccccc2n1. The predicted molar refractivity (Wildman–Crippen MR) is 80.5 cm³/mol. The molecular weight excluding hydrogens is 256 g/mol. The van der Waals surface area contributed by atoms with E-state index in [0.29, 0.717) is 6.54 Å². The summed E-state index contributed by atoms with van der Waals surface area (Å²) in [7, 11) is 0. The first-order chi connectivity index (χ1) is 9.33. The Morgan fingerprint density at radius 1 is 0.895 bits per heavy atom. The number of nitrogens with zero attached hydrogens (tertiary/aromatic N) is 1. The molecule has 3 rings (SSSR count). The van der Waals surface area contributed by atoms with Crippen LogP contribution in [0.2, 0.25) is 5.02 Å². The van der Waals surface area contributed by atoms with E-state index < -0.39 is 0 Å². The highest BCUT2D eigenvalue weighted by molar-refractivity contribution is 6.31. The lowest BCUT2D eigenvalue weighted by Crippen LogP contribution is -2.01. The summed E-state index contributed by atoms with van der Waals surface area (Å²) in [5.41, 5.74) is 2.06. The first-order valence-electron chi connectivity index (χ1n) is 6.16. The molecule has 0 aliphatic rings. The number of nitrogens with one attached hydrogen (secondary N) is 1. The Bertz CT molecular complexity index is 710. The summed E-state index contributed by atoms with van der Waals surface area (Å²) in [6.07, 6.45) is 0. The van der Waals surface area contributed by atoms with Crippen molar-refractivity contribution in [3.8, 4) is 0 Å². The minimum Gasteiger partial charge on any atom is -0.366 e. The van der Waals surface area contributed by atoms with E-state index in [1.807, 2.05) is 48.5 Å². The van der Waals surface area contributed by atoms with Crippen LogP contribution in [0.15, 0.2) is 60.7 Å². The van der Waals surface area contributed by atoms with Crippen molar-refractivity contribution < 1.29 is 0 Å². The molecule has 1 aromatic heterocycles. The van der Waals surface area contributed by atoms with Crippen molar-refractivity contribution in [2.45, 2.75) is 6.54 Å². The number of aromatic nitrogens is 1. The lowest BCUT2D eigenvalue weighted by molar-refractivity contribution is 1.12. The molecule has 0 radical (unpaired) electrons. The fourth-order valence-electron chi connectivity index (χ4n) is 1.99. The zero-order valence-corrected chi connectivity index (χ0v) is 11.1. The Hall–Kier alpha value is -2.06. The van der Waals surface area contributed by atoms with Gasteiger partial charge in [-0.1, -0.05) is 48.0 Å². The van der Waals surface area contributed by atoms with Gasteiger partial charge < -0.3 is 5.32 Å². The number of anilines is 1. The number of benzene rings is 2. The van der Waals surface area contributed by atoms with Gasteiger partial charge in [-0.2, -0.15) is 0 Å². The molecule has 0 aliphatic carbocycles. The van der Waals surface area contributed by atoms with Gasteiger partial charge >= 0.3 is 0 Å². The zero-order valence-electron chi connectivity index (χ0n) is 10.3. The van der Waals surface area contributed by atoms with Gasteiger partial charge in [0, 0.05) is 17.0 Å². The second-order valence-corrected chi connectivity index (χ2v) is 4.74. The first-order valence-corrected chi connectivity index (χ1v) is 6.54. The average Bonchev–Trinajstić information content (AvgIpc) is 2.46. The van der Waals surface area contributed by atoms with Crippen LogP contribution in [0.5, 0.6) is 0 Å². The van der Waals surface area contributed by atoms with Crippen molar-refractivity contribution in [1.29, 1.82) is 0 Å². The fraction of sp³-hybridized carbons (Fsp3) is 0.0625. The number of fused-ring (bicyclic) bond motifs is 1. The summed E-state index contributed by atoms with van der Waals surface area (Å²) in [5, 5.41) is 5.22. The smallest absolute Gasteiger partial charge is 0.126 e. The van der Waals surface area contributed by atoms with Gasteiger partial charge in [0.1, 0.15) is 5.82 Å². The van der Waals surface area contributed by atoms with Crippen molar-refractivity contribution in [2.75, 3.05) is 5.32 Å². The van der Waals surface area contributed by atoms with Crippen LogP contribution in [0.25, 0.3) is 10.9 Å². The molecule has 0 spiro atoms. The predicted octanol–water partition coefficient (Wildman–Crippen LogP) is 4.50. The molecule has 1 heterocycles. The fourth-order valence-corrected chi connectivity index (χ4v) is 2.19. The van der Waals surface area contributed by atoms with E-state index in [-0.39, 0.29) is 0 Å². The van der Waals surface area contributed by atoms with Crippen molar-refractivity contribution in [1.82, 2.24) is 4.98 Å². The second kappa shape index (κ2) is 5.29. The van der Waals surface area contributed by atoms with Crippen molar-refractivity contribution in [3.63, 3.8) is 0 Å². The van der Waals surface area contributed by atoms with Crippen LogP contribution in [-0.4, -0.2) is 4.98 Å². The first kappa shape index (κ1) is 12.0. The maximum Gasteiger partial charge on any atom is 0.126 e. The van der Waals surface area contributed by atoms with Crippen LogP contribution in [0.1, 0.15) is 5.56 Å². The van der Waals surface area contributed by atoms with Gasteiger partial charge in [-0.05, 0) is 29.8 Å². The molecule has 94 valence electrons. The van der Waals surface area contributed by atoms with Gasteiger partial charge in [0.2, 0.25) is 0 Å². The van der Waals surface area contributed by atoms with Gasteiger partial charge in [0.05, 0.1) is 5.52 Å². The molecule has 0 bridgehead atoms. The monoisotopic (exact) mass is 268 g/mol. The van der Waals surface area contributed by atoms with Gasteiger partial charge in [-0.3, -0.25) is 0 Å². The van der Waals surface area contributed by atoms with Crippen LogP contribution in [-0.2, 0) is 6.54 Å². The van der Waals surface area contributed by atoms with Crippen molar-refractivity contribution >= 4 is 28.3 Å². The van der Waals surface area contributed by atoms with Gasteiger partial charge in [0.25, 0.3) is 0 Å². The number of para-hydroxylation sites is 1. The minimum absolute atomic E-state index is 0.672. The van der Waals surface area contributed by atoms with E-state index in [1.54, 1.807) is 0 Å². The molecular formula is C16H13ClN2. The van der Waals surface area contributed by atoms with Crippen LogP contribution in [0, 0.1) is 0 Å². The third-order valence-corrected chi connectivity index (χ3v) is 3.38. The topological polar surface area (TPSA) is 24.9 Å². The molecule has 3 aromatic rings. The third kappa shape index (κ3) is 2.69. The lowest BCUT2D eigenvalue weighted by atomic mass is 10.2. The van der Waals surface area contributed by atoms with E-state index in [9.17, 15) is 0 Å². The van der Waals surface area contributed by atoms with E-state index in [1.165, 1.54) is 0 Å². The number of hydrogen-bond donors (Lipinski definition) is 1. The second-order valence-electron chi connectivity index (χ2n) is 4.33. The average molecular weight is 269 g/mol. The van der Waals surface area contributed by atoms with Gasteiger partial charge in [0.15, 0.2) is 0 Å². The minimum atomic E-state index is 0.672. The van der Waals surface area contributed by atoms with E-state index in [2.05, 4.69) is 22.4 Å². The van der Waals surface area contributed by atoms with E-state index in [4.69, 9.17) is 11.6 Å². The Kier molecular flexibility index (Phi) is 3.34. The molecule has 2 nitrogen and oxygen atoms in total. The molecule has 3 heteroatoms. The molecule has 0 aliphatic heterocycles. The Morgan fingerprint density at radius 3 is 2.58 bits per heavy atom. The molecule has 0 fully saturated rings. The van der Waals surface area contributed by atoms with Crippen LogP contribution in [0.3, 0.4) is 0 Å². The Balaban J connectivity index is 1.80. The summed E-state index contributed by atoms with van der Waals surface area (Å²) < 4.78 is 0. The molecule has 0 atom stereocenters. The molecule has 1 N–H and O–H groups in total. The van der Waals surface area contributed by atoms with Gasteiger partial charge in [-0.15, -0.1) is 0 Å². The summed E-state index contributed by atoms with van der Waals surface area (Å²) in [6, 6.07) is 19.9. The van der Waals surface area contributed by atoms with Crippen LogP contribution in [0.4, 0.5) is 5.82 Å². The molecule has 0 amide bonds. The number of rotatable bonds is 3. The number of pyridine rings is 1. The standard InChI is InChI=1S/C16H13ClN2/c17-14-7-3-1-6-13(14)11-18-16-10-9-12-5-2-4-8-15(12)19-16/h1-10H,11H2,(H,18,19).